The zero-order valence-corrected chi connectivity index (χ0v) is 25.1. The lowest BCUT2D eigenvalue weighted by molar-refractivity contribution is -0.304. The average molecular weight is 620 g/mol. The van der Waals surface area contributed by atoms with E-state index >= 15 is 0 Å². The van der Waals surface area contributed by atoms with Crippen molar-refractivity contribution in [1.82, 2.24) is 16.0 Å². The van der Waals surface area contributed by atoms with Crippen LogP contribution in [-0.2, 0) is 23.7 Å². The van der Waals surface area contributed by atoms with Crippen molar-refractivity contribution < 1.29 is 44.2 Å². The highest BCUT2D eigenvalue weighted by atomic mass is 16.7. The highest BCUT2D eigenvalue weighted by molar-refractivity contribution is 5.80. The van der Waals surface area contributed by atoms with Crippen LogP contribution in [0.4, 0.5) is 0 Å². The fourth-order valence-corrected chi connectivity index (χ4v) is 5.69. The molecule has 0 radical (unpaired) electrons. The first-order chi connectivity index (χ1) is 20.4. The molecule has 3 aliphatic rings. The maximum absolute atomic E-state index is 12.7. The van der Waals surface area contributed by atoms with Crippen molar-refractivity contribution in [3.63, 3.8) is 0 Å². The third-order valence-electron chi connectivity index (χ3n) is 8.15. The van der Waals surface area contributed by atoms with Gasteiger partial charge in [0.2, 0.25) is 12.2 Å². The van der Waals surface area contributed by atoms with Gasteiger partial charge in [-0.3, -0.25) is 4.79 Å². The zero-order chi connectivity index (χ0) is 31.7. The normalized spacial score (nSPS) is 39.1. The lowest BCUT2D eigenvalue weighted by Gasteiger charge is -2.48. The Morgan fingerprint density at radius 1 is 1.12 bits per heavy atom. The summed E-state index contributed by atoms with van der Waals surface area (Å²) in [5.41, 5.74) is 22.4. The van der Waals surface area contributed by atoms with Crippen LogP contribution in [-0.4, -0.2) is 139 Å². The molecule has 12 atom stereocenters. The molecule has 0 aromatic carbocycles. The molecule has 250 valence electrons. The summed E-state index contributed by atoms with van der Waals surface area (Å²) >= 11 is 0. The van der Waals surface area contributed by atoms with Gasteiger partial charge in [-0.2, -0.15) is 0 Å². The highest BCUT2D eigenvalue weighted by Gasteiger charge is 2.51. The van der Waals surface area contributed by atoms with Crippen LogP contribution in [0.15, 0.2) is 11.8 Å². The van der Waals surface area contributed by atoms with E-state index < -0.39 is 78.8 Å². The summed E-state index contributed by atoms with van der Waals surface area (Å²) in [5, 5.41) is 52.2. The van der Waals surface area contributed by atoms with Gasteiger partial charge in [0.05, 0.1) is 31.3 Å². The summed E-state index contributed by atoms with van der Waals surface area (Å²) in [6, 6.07) is -3.05. The van der Waals surface area contributed by atoms with Crippen LogP contribution >= 0.6 is 0 Å². The van der Waals surface area contributed by atoms with Gasteiger partial charge in [-0.05, 0) is 71.8 Å². The monoisotopic (exact) mass is 619 g/mol. The van der Waals surface area contributed by atoms with Gasteiger partial charge in [0, 0.05) is 6.04 Å². The summed E-state index contributed by atoms with van der Waals surface area (Å²) < 4.78 is 23.9. The summed E-state index contributed by atoms with van der Waals surface area (Å²) in [4.78, 5) is 12.7. The third kappa shape index (κ3) is 9.49. The number of unbranched alkanes of at least 4 members (excludes halogenated alkanes) is 1. The Morgan fingerprint density at radius 3 is 2.51 bits per heavy atom. The molecule has 1 amide bonds. The van der Waals surface area contributed by atoms with Gasteiger partial charge in [0.1, 0.15) is 41.9 Å². The second-order valence-corrected chi connectivity index (χ2v) is 11.8. The van der Waals surface area contributed by atoms with E-state index in [1.807, 2.05) is 6.08 Å². The molecule has 16 heteroatoms. The molecule has 2 heterocycles. The predicted octanol–water partition coefficient (Wildman–Crippen LogP) is -4.61. The van der Waals surface area contributed by atoms with E-state index in [4.69, 9.17) is 41.9 Å². The van der Waals surface area contributed by atoms with Crippen molar-refractivity contribution in [2.75, 3.05) is 39.8 Å². The van der Waals surface area contributed by atoms with Gasteiger partial charge in [-0.1, -0.05) is 0 Å². The highest BCUT2D eigenvalue weighted by Crippen LogP contribution is 2.32. The van der Waals surface area contributed by atoms with Crippen molar-refractivity contribution >= 4 is 5.91 Å². The Bertz CT molecular complexity index is 901. The number of likely N-dealkylation sites (N-methyl/N-ethyl adjacent to an activating group) is 1. The lowest BCUT2D eigenvalue weighted by atomic mass is 9.83. The molecule has 2 aliphatic heterocycles. The van der Waals surface area contributed by atoms with Gasteiger partial charge in [-0.25, -0.2) is 0 Å². The number of ether oxygens (including phenoxy) is 4. The minimum Gasteiger partial charge on any atom is -0.467 e. The van der Waals surface area contributed by atoms with Crippen LogP contribution in [0.5, 0.6) is 0 Å². The Hall–Kier alpha value is -1.51. The summed E-state index contributed by atoms with van der Waals surface area (Å²) in [6.45, 7) is 3.30. The SMILES string of the molecule is CN[C@@H]1[C@@H](O)[C@@H](O[C@@H]2[C@@H](O)[C@H](O[C@H]3OC(CNCCCCN)=CC[C@H]3N)[C@@H](N)C[C@H]2NC(=O)[C@@H](O)CCN)OC[C@]1(C)O. The standard InChI is InChI=1S/C27H53N7O9/c1-27(39)13-40-26(20(37)23(27)32-2)43-22-17(34-24(38)18(35)7-9-29)11-16(31)21(19(22)36)42-25-15(30)6-5-14(41-25)12-33-10-4-3-8-28/h5,15-23,25-26,32-33,35-37,39H,3-4,6-13,28-31H2,1-2H3,(H,34,38)/t15-,16+,17-,18+,19+,20-,21-,22+,23-,25-,26-,27+/m1/s1. The van der Waals surface area contributed by atoms with Crippen molar-refractivity contribution in [3.05, 3.63) is 11.8 Å². The Balaban J connectivity index is 1.75. The van der Waals surface area contributed by atoms with E-state index in [2.05, 4.69) is 16.0 Å². The molecule has 1 aliphatic carbocycles. The van der Waals surface area contributed by atoms with Crippen molar-refractivity contribution in [3.8, 4) is 0 Å². The molecule has 0 unspecified atom stereocenters. The summed E-state index contributed by atoms with van der Waals surface area (Å²) in [5.74, 6) is -0.0654. The number of aliphatic hydroxyl groups excluding tert-OH is 3. The number of carbonyl (C=O) groups is 1. The topological polar surface area (TPSA) is 275 Å². The van der Waals surface area contributed by atoms with E-state index in [0.717, 1.165) is 19.4 Å². The molecule has 0 spiro atoms. The molecule has 0 aromatic rings. The van der Waals surface area contributed by atoms with E-state index in [-0.39, 0.29) is 26.0 Å². The average Bonchev–Trinajstić information content (AvgIpc) is 2.95. The number of nitrogens with one attached hydrogen (secondary N) is 3. The molecule has 15 N–H and O–H groups in total. The number of carbonyl (C=O) groups excluding carboxylic acids is 1. The van der Waals surface area contributed by atoms with Crippen LogP contribution in [0.3, 0.4) is 0 Å². The summed E-state index contributed by atoms with van der Waals surface area (Å²) in [7, 11) is 1.58. The molecule has 0 bridgehead atoms. The molecule has 16 nitrogen and oxygen atoms in total. The Morgan fingerprint density at radius 2 is 1.84 bits per heavy atom. The fourth-order valence-electron chi connectivity index (χ4n) is 5.69. The zero-order valence-electron chi connectivity index (χ0n) is 25.1. The van der Waals surface area contributed by atoms with E-state index in [9.17, 15) is 25.2 Å². The van der Waals surface area contributed by atoms with Gasteiger partial charge in [-0.15, -0.1) is 0 Å². The number of nitrogens with two attached hydrogens (primary N) is 4. The van der Waals surface area contributed by atoms with E-state index in [1.165, 1.54) is 6.92 Å². The van der Waals surface area contributed by atoms with Gasteiger partial charge >= 0.3 is 0 Å². The van der Waals surface area contributed by atoms with Crippen LogP contribution in [0.25, 0.3) is 0 Å². The molecule has 1 saturated heterocycles. The molecular formula is C27H53N7O9. The first kappa shape index (κ1) is 36.0. The minimum atomic E-state index is -1.44. The van der Waals surface area contributed by atoms with Crippen LogP contribution < -0.4 is 38.9 Å². The number of rotatable bonds is 15. The van der Waals surface area contributed by atoms with Crippen LogP contribution in [0, 0.1) is 0 Å². The Labute approximate surface area is 252 Å². The number of amides is 1. The summed E-state index contributed by atoms with van der Waals surface area (Å²) in [6.07, 6.45) is -4.27. The van der Waals surface area contributed by atoms with Crippen molar-refractivity contribution in [2.24, 2.45) is 22.9 Å². The number of hydrogen-bond acceptors (Lipinski definition) is 15. The van der Waals surface area contributed by atoms with Crippen LogP contribution in [0.2, 0.25) is 0 Å². The first-order valence-corrected chi connectivity index (χ1v) is 15.1. The first-order valence-electron chi connectivity index (χ1n) is 15.1. The molecule has 43 heavy (non-hydrogen) atoms. The number of hydrogen-bond donors (Lipinski definition) is 11. The van der Waals surface area contributed by atoms with Gasteiger partial charge in [0.25, 0.3) is 0 Å². The molecule has 2 fully saturated rings. The second-order valence-electron chi connectivity index (χ2n) is 11.8. The second kappa shape index (κ2) is 16.7. The van der Waals surface area contributed by atoms with Crippen molar-refractivity contribution in [2.45, 2.75) is 112 Å². The maximum atomic E-state index is 12.7. The molecule has 3 rings (SSSR count). The molecular weight excluding hydrogens is 566 g/mol. The molecule has 1 saturated carbocycles. The Kier molecular flexibility index (Phi) is 14.0. The van der Waals surface area contributed by atoms with Crippen molar-refractivity contribution in [1.29, 1.82) is 0 Å². The molecule has 0 aromatic heterocycles. The third-order valence-corrected chi connectivity index (χ3v) is 8.15. The number of aliphatic hydroxyl groups is 4. The smallest absolute Gasteiger partial charge is 0.249 e. The lowest BCUT2D eigenvalue weighted by Crippen LogP contribution is -2.69. The largest absolute Gasteiger partial charge is 0.467 e. The quantitative estimate of drug-likeness (QED) is 0.0769. The van der Waals surface area contributed by atoms with E-state index in [1.54, 1.807) is 7.05 Å². The van der Waals surface area contributed by atoms with Crippen LogP contribution in [0.1, 0.15) is 39.0 Å². The van der Waals surface area contributed by atoms with Gasteiger partial charge in [0.15, 0.2) is 6.29 Å². The maximum Gasteiger partial charge on any atom is 0.249 e. The van der Waals surface area contributed by atoms with Gasteiger partial charge < -0.3 is 78.3 Å². The fraction of sp³-hybridized carbons (Fsp3) is 0.889. The predicted molar refractivity (Wildman–Crippen MR) is 156 cm³/mol. The van der Waals surface area contributed by atoms with E-state index in [0.29, 0.717) is 25.3 Å². The minimum absolute atomic E-state index is 0.0302.